The Morgan fingerprint density at radius 1 is 0.812 bits per heavy atom. The van der Waals surface area contributed by atoms with Gasteiger partial charge in [-0.3, -0.25) is 0 Å². The van der Waals surface area contributed by atoms with Gasteiger partial charge in [0.2, 0.25) is 0 Å². The topological polar surface area (TPSA) is 0 Å². The predicted molar refractivity (Wildman–Crippen MR) is 67.4 cm³/mol. The Balaban J connectivity index is 2.10. The molecule has 0 aliphatic heterocycles. The molecule has 0 unspecified atom stereocenters. The minimum atomic E-state index is 0.294. The van der Waals surface area contributed by atoms with E-state index >= 15 is 0 Å². The Morgan fingerprint density at radius 2 is 1.19 bits per heavy atom. The molecule has 80 valence electrons. The van der Waals surface area contributed by atoms with Gasteiger partial charge in [0.15, 0.2) is 0 Å². The van der Waals surface area contributed by atoms with Crippen LogP contribution in [0.25, 0.3) is 0 Å². The second-order valence-corrected chi connectivity index (χ2v) is 4.81. The quantitative estimate of drug-likeness (QED) is 0.699. The van der Waals surface area contributed by atoms with Gasteiger partial charge in [0, 0.05) is 5.41 Å². The lowest BCUT2D eigenvalue weighted by molar-refractivity contribution is 0.749. The lowest BCUT2D eigenvalue weighted by Gasteiger charge is -2.17. The fraction of sp³-hybridized carbons (Fsp3) is 0.250. The van der Waals surface area contributed by atoms with E-state index in [0.29, 0.717) is 5.41 Å². The molecule has 0 spiro atoms. The summed E-state index contributed by atoms with van der Waals surface area (Å²) in [5.41, 5.74) is 3.23. The van der Waals surface area contributed by atoms with E-state index in [2.05, 4.69) is 67.6 Å². The molecule has 3 rings (SSSR count). The zero-order chi connectivity index (χ0) is 11.0. The molecule has 0 nitrogen and oxygen atoms in total. The highest BCUT2D eigenvalue weighted by Crippen LogP contribution is 2.58. The third-order valence-corrected chi connectivity index (χ3v) is 3.89. The number of rotatable bonds is 2. The van der Waals surface area contributed by atoms with Crippen molar-refractivity contribution in [3.63, 3.8) is 0 Å². The van der Waals surface area contributed by atoms with Crippen molar-refractivity contribution in [3.05, 3.63) is 71.8 Å². The molecular weight excluding hydrogens is 192 g/mol. The second-order valence-electron chi connectivity index (χ2n) is 4.81. The van der Waals surface area contributed by atoms with E-state index in [1.807, 2.05) is 0 Å². The smallest absolute Gasteiger partial charge is 0.0231 e. The molecule has 0 heterocycles. The van der Waals surface area contributed by atoms with E-state index in [1.54, 1.807) is 0 Å². The second kappa shape index (κ2) is 3.48. The largest absolute Gasteiger partial charge is 0.0622 e. The molecule has 2 aromatic carbocycles. The molecule has 0 radical (unpaired) electrons. The van der Waals surface area contributed by atoms with Crippen LogP contribution in [-0.2, 0) is 5.41 Å². The van der Waals surface area contributed by atoms with Crippen LogP contribution in [0.4, 0.5) is 0 Å². The van der Waals surface area contributed by atoms with Crippen LogP contribution in [-0.4, -0.2) is 0 Å². The van der Waals surface area contributed by atoms with E-state index in [9.17, 15) is 0 Å². The number of hydrogen-bond acceptors (Lipinski definition) is 0. The Morgan fingerprint density at radius 3 is 1.50 bits per heavy atom. The van der Waals surface area contributed by atoms with Crippen molar-refractivity contribution in [2.75, 3.05) is 0 Å². The van der Waals surface area contributed by atoms with Crippen LogP contribution in [0.3, 0.4) is 0 Å². The van der Waals surface area contributed by atoms with E-state index in [1.165, 1.54) is 17.5 Å². The molecule has 0 amide bonds. The highest BCUT2D eigenvalue weighted by atomic mass is 14.6. The Kier molecular flexibility index (Phi) is 2.10. The fourth-order valence-electron chi connectivity index (χ4n) is 2.87. The lowest BCUT2D eigenvalue weighted by atomic mass is 9.86. The molecule has 0 saturated heterocycles. The molecule has 1 aliphatic carbocycles. The first kappa shape index (κ1) is 9.65. The average molecular weight is 208 g/mol. The summed E-state index contributed by atoms with van der Waals surface area (Å²) in [4.78, 5) is 0. The molecule has 1 atom stereocenters. The van der Waals surface area contributed by atoms with E-state index < -0.39 is 0 Å². The SMILES string of the molecule is C[C@H]1CC1(c1ccccc1)c1ccccc1. The first-order chi connectivity index (χ1) is 7.84. The molecule has 1 fully saturated rings. The van der Waals surface area contributed by atoms with Crippen LogP contribution in [0.5, 0.6) is 0 Å². The van der Waals surface area contributed by atoms with Crippen LogP contribution in [0, 0.1) is 5.92 Å². The van der Waals surface area contributed by atoms with Crippen molar-refractivity contribution in [1.29, 1.82) is 0 Å². The molecule has 0 N–H and O–H groups in total. The van der Waals surface area contributed by atoms with Gasteiger partial charge >= 0.3 is 0 Å². The molecule has 0 bridgehead atoms. The zero-order valence-corrected chi connectivity index (χ0v) is 9.56. The fourth-order valence-corrected chi connectivity index (χ4v) is 2.87. The highest BCUT2D eigenvalue weighted by Gasteiger charge is 2.53. The number of hydrogen-bond donors (Lipinski definition) is 0. The monoisotopic (exact) mass is 208 g/mol. The first-order valence-electron chi connectivity index (χ1n) is 5.95. The van der Waals surface area contributed by atoms with Crippen LogP contribution in [0.15, 0.2) is 60.7 Å². The molecular formula is C16H16. The maximum atomic E-state index is 2.35. The zero-order valence-electron chi connectivity index (χ0n) is 9.56. The first-order valence-corrected chi connectivity index (χ1v) is 5.95. The van der Waals surface area contributed by atoms with Crippen molar-refractivity contribution in [1.82, 2.24) is 0 Å². The van der Waals surface area contributed by atoms with Gasteiger partial charge in [-0.25, -0.2) is 0 Å². The van der Waals surface area contributed by atoms with E-state index in [-0.39, 0.29) is 0 Å². The summed E-state index contributed by atoms with van der Waals surface area (Å²) in [7, 11) is 0. The van der Waals surface area contributed by atoms with Gasteiger partial charge in [0.05, 0.1) is 0 Å². The Hall–Kier alpha value is -1.56. The molecule has 1 aliphatic rings. The van der Waals surface area contributed by atoms with Crippen molar-refractivity contribution in [2.45, 2.75) is 18.8 Å². The van der Waals surface area contributed by atoms with Crippen molar-refractivity contribution in [3.8, 4) is 0 Å². The summed E-state index contributed by atoms with van der Waals surface area (Å²) in [6.45, 7) is 2.35. The van der Waals surface area contributed by atoms with Gasteiger partial charge in [0.1, 0.15) is 0 Å². The van der Waals surface area contributed by atoms with Crippen LogP contribution < -0.4 is 0 Å². The van der Waals surface area contributed by atoms with Crippen molar-refractivity contribution >= 4 is 0 Å². The summed E-state index contributed by atoms with van der Waals surface area (Å²) in [5, 5.41) is 0. The summed E-state index contributed by atoms with van der Waals surface area (Å²) in [5.74, 6) is 0.761. The van der Waals surface area contributed by atoms with Gasteiger partial charge in [-0.1, -0.05) is 67.6 Å². The van der Waals surface area contributed by atoms with Gasteiger partial charge in [-0.05, 0) is 23.5 Å². The predicted octanol–water partition coefficient (Wildman–Crippen LogP) is 4.01. The third-order valence-electron chi connectivity index (χ3n) is 3.89. The van der Waals surface area contributed by atoms with E-state index in [4.69, 9.17) is 0 Å². The van der Waals surface area contributed by atoms with Crippen molar-refractivity contribution < 1.29 is 0 Å². The number of benzene rings is 2. The van der Waals surface area contributed by atoms with E-state index in [0.717, 1.165) is 5.92 Å². The molecule has 0 aromatic heterocycles. The summed E-state index contributed by atoms with van der Waals surface area (Å²) >= 11 is 0. The van der Waals surface area contributed by atoms with Crippen molar-refractivity contribution in [2.24, 2.45) is 5.92 Å². The standard InChI is InChI=1S/C16H16/c1-13-12-16(13,14-8-4-2-5-9-14)15-10-6-3-7-11-15/h2-11,13H,12H2,1H3/t13-/m0/s1. The molecule has 2 aromatic rings. The maximum Gasteiger partial charge on any atom is 0.0231 e. The van der Waals surface area contributed by atoms with Gasteiger partial charge < -0.3 is 0 Å². The lowest BCUT2D eigenvalue weighted by Crippen LogP contribution is -2.10. The van der Waals surface area contributed by atoms with Gasteiger partial charge in [-0.2, -0.15) is 0 Å². The summed E-state index contributed by atoms with van der Waals surface area (Å²) in [6, 6.07) is 21.8. The summed E-state index contributed by atoms with van der Waals surface area (Å²) < 4.78 is 0. The van der Waals surface area contributed by atoms with Crippen LogP contribution >= 0.6 is 0 Å². The van der Waals surface area contributed by atoms with Gasteiger partial charge in [0.25, 0.3) is 0 Å². The average Bonchev–Trinajstić information content (AvgIpc) is 3.05. The van der Waals surface area contributed by atoms with Crippen LogP contribution in [0.2, 0.25) is 0 Å². The minimum absolute atomic E-state index is 0.294. The highest BCUT2D eigenvalue weighted by molar-refractivity contribution is 5.46. The van der Waals surface area contributed by atoms with Gasteiger partial charge in [-0.15, -0.1) is 0 Å². The normalized spacial score (nSPS) is 21.7. The van der Waals surface area contributed by atoms with Crippen LogP contribution in [0.1, 0.15) is 24.5 Å². The summed E-state index contributed by atoms with van der Waals surface area (Å²) in [6.07, 6.45) is 1.28. The molecule has 0 heteroatoms. The molecule has 1 saturated carbocycles. The Bertz CT molecular complexity index is 430. The third kappa shape index (κ3) is 1.30. The Labute approximate surface area is 96.9 Å². The maximum absolute atomic E-state index is 2.35. The minimum Gasteiger partial charge on any atom is -0.0622 e. The molecule has 16 heavy (non-hydrogen) atoms.